The zero-order valence-electron chi connectivity index (χ0n) is 16.5. The van der Waals surface area contributed by atoms with Gasteiger partial charge in [0.05, 0.1) is 0 Å². The van der Waals surface area contributed by atoms with Crippen LogP contribution in [0, 0.1) is 0 Å². The minimum absolute atomic E-state index is 0.0125. The summed E-state index contributed by atoms with van der Waals surface area (Å²) < 4.78 is 17.1. The lowest BCUT2D eigenvalue weighted by Crippen LogP contribution is -2.39. The van der Waals surface area contributed by atoms with Crippen LogP contribution in [0.5, 0.6) is 11.5 Å². The van der Waals surface area contributed by atoms with Gasteiger partial charge >= 0.3 is 5.97 Å². The summed E-state index contributed by atoms with van der Waals surface area (Å²) >= 11 is 0. The fraction of sp³-hybridized carbons (Fsp3) is 0.120. The summed E-state index contributed by atoms with van der Waals surface area (Å²) in [6, 6.07) is 23.6. The maximum absolute atomic E-state index is 13.5. The molecule has 31 heavy (non-hydrogen) atoms. The Hall–Kier alpha value is -4.06. The second-order valence-electron chi connectivity index (χ2n) is 7.20. The smallest absolute Gasteiger partial charge is 0.352 e. The van der Waals surface area contributed by atoms with Crippen LogP contribution in [-0.4, -0.2) is 29.4 Å². The summed E-state index contributed by atoms with van der Waals surface area (Å²) in [5.41, 5.74) is 1.89. The summed E-state index contributed by atoms with van der Waals surface area (Å²) in [7, 11) is 0. The van der Waals surface area contributed by atoms with Crippen LogP contribution in [0.15, 0.2) is 85.1 Å². The number of hydrogen-bond donors (Lipinski definition) is 1. The minimum atomic E-state index is -1.10. The van der Waals surface area contributed by atoms with Gasteiger partial charge in [-0.2, -0.15) is 0 Å². The summed E-state index contributed by atoms with van der Waals surface area (Å²) in [5, 5.41) is 0.774. The number of nitrogens with one attached hydrogen (secondary N) is 1. The minimum Gasteiger partial charge on any atom is -0.485 e. The van der Waals surface area contributed by atoms with E-state index in [9.17, 15) is 9.59 Å². The largest absolute Gasteiger partial charge is 0.485 e. The van der Waals surface area contributed by atoms with E-state index in [-0.39, 0.29) is 12.4 Å². The Bertz CT molecular complexity index is 1250. The maximum Gasteiger partial charge on any atom is 0.352 e. The van der Waals surface area contributed by atoms with Crippen LogP contribution in [0.2, 0.25) is 0 Å². The third kappa shape index (κ3) is 3.64. The molecule has 4 aromatic rings. The van der Waals surface area contributed by atoms with Crippen molar-refractivity contribution in [1.29, 1.82) is 0 Å². The van der Waals surface area contributed by atoms with Gasteiger partial charge in [-0.1, -0.05) is 60.7 Å². The number of hydrogen-bond acceptors (Lipinski definition) is 5. The molecule has 1 aromatic heterocycles. The van der Waals surface area contributed by atoms with Crippen LogP contribution >= 0.6 is 0 Å². The molecule has 2 atom stereocenters. The molecule has 0 fully saturated rings. The lowest BCUT2D eigenvalue weighted by molar-refractivity contribution is -0.158. The van der Waals surface area contributed by atoms with Crippen molar-refractivity contribution >= 4 is 22.7 Å². The Morgan fingerprint density at radius 3 is 2.45 bits per heavy atom. The summed E-state index contributed by atoms with van der Waals surface area (Å²) in [6.07, 6.45) is -0.418. The molecule has 6 nitrogen and oxygen atoms in total. The van der Waals surface area contributed by atoms with Gasteiger partial charge in [-0.25, -0.2) is 4.79 Å². The first-order chi connectivity index (χ1) is 15.2. The molecule has 0 aliphatic carbocycles. The van der Waals surface area contributed by atoms with Crippen molar-refractivity contribution in [1.82, 2.24) is 4.98 Å². The molecule has 0 bridgehead atoms. The van der Waals surface area contributed by atoms with Crippen molar-refractivity contribution in [3.63, 3.8) is 0 Å². The van der Waals surface area contributed by atoms with Gasteiger partial charge in [0.2, 0.25) is 11.9 Å². The van der Waals surface area contributed by atoms with Crippen molar-refractivity contribution in [3.05, 3.63) is 96.2 Å². The highest BCUT2D eigenvalue weighted by Crippen LogP contribution is 2.32. The van der Waals surface area contributed by atoms with Crippen molar-refractivity contribution in [2.24, 2.45) is 0 Å². The van der Waals surface area contributed by atoms with Gasteiger partial charge < -0.3 is 19.2 Å². The zero-order chi connectivity index (χ0) is 21.2. The first kappa shape index (κ1) is 18.9. The predicted molar refractivity (Wildman–Crippen MR) is 114 cm³/mol. The number of carbonyl (C=O) groups is 2. The Kier molecular flexibility index (Phi) is 4.88. The number of benzene rings is 3. The second kappa shape index (κ2) is 7.99. The van der Waals surface area contributed by atoms with Crippen molar-refractivity contribution in [2.45, 2.75) is 12.2 Å². The molecule has 154 valence electrons. The summed E-state index contributed by atoms with van der Waals surface area (Å²) in [6.45, 7) is 0.0125. The van der Waals surface area contributed by atoms with E-state index < -0.39 is 18.2 Å². The van der Waals surface area contributed by atoms with Gasteiger partial charge in [0.25, 0.3) is 0 Å². The van der Waals surface area contributed by atoms with Crippen molar-refractivity contribution in [3.8, 4) is 11.5 Å². The van der Waals surface area contributed by atoms with Gasteiger partial charge in [0.15, 0.2) is 17.6 Å². The quantitative estimate of drug-likeness (QED) is 0.386. The number of ketones is 1. The van der Waals surface area contributed by atoms with Gasteiger partial charge in [-0.05, 0) is 18.2 Å². The zero-order valence-corrected chi connectivity index (χ0v) is 16.5. The molecule has 0 radical (unpaired) electrons. The first-order valence-corrected chi connectivity index (χ1v) is 9.95. The third-order valence-electron chi connectivity index (χ3n) is 5.20. The Balaban J connectivity index is 1.43. The van der Waals surface area contributed by atoms with Gasteiger partial charge in [-0.15, -0.1) is 0 Å². The van der Waals surface area contributed by atoms with E-state index in [0.717, 1.165) is 10.9 Å². The van der Waals surface area contributed by atoms with Crippen LogP contribution in [0.4, 0.5) is 0 Å². The lowest BCUT2D eigenvalue weighted by Gasteiger charge is -2.26. The average molecular weight is 413 g/mol. The van der Waals surface area contributed by atoms with Crippen LogP contribution in [0.3, 0.4) is 0 Å². The molecular weight excluding hydrogens is 394 g/mol. The number of H-pyrrole nitrogens is 1. The normalized spacial score (nSPS) is 15.9. The van der Waals surface area contributed by atoms with Crippen molar-refractivity contribution < 1.29 is 23.8 Å². The first-order valence-electron chi connectivity index (χ1n) is 9.95. The number of rotatable bonds is 5. The highest BCUT2D eigenvalue weighted by atomic mass is 16.6. The molecule has 1 aliphatic heterocycles. The Morgan fingerprint density at radius 1 is 0.903 bits per heavy atom. The number of aromatic nitrogens is 1. The Labute approximate surface area is 178 Å². The van der Waals surface area contributed by atoms with Crippen LogP contribution in [-0.2, 0) is 9.53 Å². The van der Waals surface area contributed by atoms with Crippen LogP contribution in [0.25, 0.3) is 10.9 Å². The molecule has 5 rings (SSSR count). The molecule has 1 aliphatic rings. The van der Waals surface area contributed by atoms with Gasteiger partial charge in [0, 0.05) is 28.2 Å². The fourth-order valence-electron chi connectivity index (χ4n) is 3.65. The highest BCUT2D eigenvalue weighted by Gasteiger charge is 2.34. The molecule has 0 unspecified atom stereocenters. The average Bonchev–Trinajstić information content (AvgIpc) is 3.26. The molecule has 3 aromatic carbocycles. The van der Waals surface area contributed by atoms with E-state index in [0.29, 0.717) is 22.6 Å². The molecule has 0 amide bonds. The number of para-hydroxylation sites is 3. The van der Waals surface area contributed by atoms with Crippen LogP contribution in [0.1, 0.15) is 22.0 Å². The number of carbonyl (C=O) groups excluding carboxylic acids is 2. The highest BCUT2D eigenvalue weighted by molar-refractivity contribution is 6.10. The summed E-state index contributed by atoms with van der Waals surface area (Å²) in [5.74, 6) is 0.0709. The van der Waals surface area contributed by atoms with Gasteiger partial charge in [0.1, 0.15) is 6.61 Å². The van der Waals surface area contributed by atoms with E-state index in [1.54, 1.807) is 48.7 Å². The fourth-order valence-corrected chi connectivity index (χ4v) is 3.65. The molecule has 2 heterocycles. The molecule has 0 saturated heterocycles. The molecular formula is C25H19NO5. The maximum atomic E-state index is 13.5. The third-order valence-corrected chi connectivity index (χ3v) is 5.20. The van der Waals surface area contributed by atoms with E-state index in [4.69, 9.17) is 14.2 Å². The topological polar surface area (TPSA) is 77.6 Å². The lowest BCUT2D eigenvalue weighted by atomic mass is 9.99. The molecule has 6 heteroatoms. The predicted octanol–water partition coefficient (Wildman–Crippen LogP) is 4.48. The monoisotopic (exact) mass is 413 g/mol. The summed E-state index contributed by atoms with van der Waals surface area (Å²) in [4.78, 5) is 29.5. The Morgan fingerprint density at radius 2 is 1.61 bits per heavy atom. The SMILES string of the molecule is O=C(O[C@H](C(=O)c1c[nH]c2ccccc12)c1ccccc1)[C@@H]1COc2ccccc2O1. The number of esters is 1. The second-order valence-corrected chi connectivity index (χ2v) is 7.20. The number of aromatic amines is 1. The van der Waals surface area contributed by atoms with E-state index in [1.807, 2.05) is 36.4 Å². The molecule has 0 spiro atoms. The van der Waals surface area contributed by atoms with E-state index in [1.165, 1.54) is 0 Å². The standard InChI is InChI=1S/C25H19NO5/c27-23(18-14-26-19-11-5-4-10-17(18)19)24(16-8-2-1-3-9-16)31-25(28)22-15-29-20-12-6-7-13-21(20)30-22/h1-14,22,24,26H,15H2/t22-,24-/m0/s1. The van der Waals surface area contributed by atoms with Crippen LogP contribution < -0.4 is 9.47 Å². The molecule has 0 saturated carbocycles. The molecule has 1 N–H and O–H groups in total. The van der Waals surface area contributed by atoms with E-state index >= 15 is 0 Å². The van der Waals surface area contributed by atoms with Gasteiger partial charge in [-0.3, -0.25) is 4.79 Å². The number of Topliss-reactive ketones (excluding diaryl/α,β-unsaturated/α-hetero) is 1. The number of ether oxygens (including phenoxy) is 3. The van der Waals surface area contributed by atoms with Crippen molar-refractivity contribution in [2.75, 3.05) is 6.61 Å². The van der Waals surface area contributed by atoms with E-state index in [2.05, 4.69) is 4.98 Å². The number of fused-ring (bicyclic) bond motifs is 2.